The molecule has 0 unspecified atom stereocenters. The molecule has 0 fully saturated rings. The highest BCUT2D eigenvalue weighted by Crippen LogP contribution is 2.30. The monoisotopic (exact) mass is 388 g/mol. The lowest BCUT2D eigenvalue weighted by atomic mass is 10.1. The van der Waals surface area contributed by atoms with Crippen molar-refractivity contribution >= 4 is 22.9 Å². The minimum atomic E-state index is -2.83. The Morgan fingerprint density at radius 2 is 2.00 bits per heavy atom. The fourth-order valence-electron chi connectivity index (χ4n) is 2.92. The fourth-order valence-corrected chi connectivity index (χ4v) is 2.92. The number of halogens is 2. The van der Waals surface area contributed by atoms with Gasteiger partial charge in [-0.15, -0.1) is 5.10 Å². The van der Waals surface area contributed by atoms with Crippen LogP contribution < -0.4 is 5.32 Å². The van der Waals surface area contributed by atoms with Crippen LogP contribution in [0.1, 0.15) is 41.2 Å². The molecule has 4 rings (SSSR count). The van der Waals surface area contributed by atoms with Crippen molar-refractivity contribution in [3.05, 3.63) is 36.3 Å². The van der Waals surface area contributed by atoms with Gasteiger partial charge in [0.05, 0.1) is 35.3 Å². The Morgan fingerprint density at radius 1 is 1.21 bits per heavy atom. The molecule has 150 valence electrons. The van der Waals surface area contributed by atoms with Crippen LogP contribution in [0.25, 0.3) is 16.8 Å². The van der Waals surface area contributed by atoms with E-state index in [9.17, 15) is 8.78 Å². The maximum atomic E-state index is 13.0. The minimum absolute atomic E-state index is 0. The summed E-state index contributed by atoms with van der Waals surface area (Å²) in [4.78, 5) is 13.4. The molecule has 1 N–H and O–H groups in total. The van der Waals surface area contributed by atoms with Gasteiger partial charge in [0.1, 0.15) is 0 Å². The van der Waals surface area contributed by atoms with Gasteiger partial charge in [0.25, 0.3) is 5.92 Å². The predicted molar refractivity (Wildman–Crippen MR) is 110 cm³/mol. The molecule has 1 aliphatic heterocycles. The number of aliphatic imine (C=N–C) groups is 1. The minimum Gasteiger partial charge on any atom is -0.347 e. The Bertz CT molecular complexity index is 1010. The highest BCUT2D eigenvalue weighted by Gasteiger charge is 2.21. The molecular formula is C20H26F2N6. The molecule has 0 amide bonds. The lowest BCUT2D eigenvalue weighted by Crippen LogP contribution is -2.24. The van der Waals surface area contributed by atoms with Gasteiger partial charge in [-0.25, -0.2) is 18.3 Å². The highest BCUT2D eigenvalue weighted by molar-refractivity contribution is 5.87. The van der Waals surface area contributed by atoms with E-state index in [1.165, 1.54) is 0 Å². The Labute approximate surface area is 164 Å². The molecule has 0 atom stereocenters. The van der Waals surface area contributed by atoms with Gasteiger partial charge in [-0.1, -0.05) is 13.8 Å². The molecule has 3 aromatic rings. The van der Waals surface area contributed by atoms with Gasteiger partial charge in [0, 0.05) is 25.8 Å². The molecule has 0 bridgehead atoms. The third-order valence-corrected chi connectivity index (χ3v) is 4.23. The quantitative estimate of drug-likeness (QED) is 0.670. The van der Waals surface area contributed by atoms with Crippen LogP contribution in [0.15, 0.2) is 35.6 Å². The van der Waals surface area contributed by atoms with Gasteiger partial charge in [-0.05, 0) is 38.0 Å². The van der Waals surface area contributed by atoms with Crippen molar-refractivity contribution in [3.63, 3.8) is 0 Å². The zero-order chi connectivity index (χ0) is 20.3. The highest BCUT2D eigenvalue weighted by atomic mass is 19.3. The Balaban J connectivity index is 0.000000970. The van der Waals surface area contributed by atoms with E-state index in [2.05, 4.69) is 20.4 Å². The average molecular weight is 388 g/mol. The third kappa shape index (κ3) is 4.32. The van der Waals surface area contributed by atoms with Gasteiger partial charge in [0.15, 0.2) is 0 Å². The molecule has 0 saturated heterocycles. The van der Waals surface area contributed by atoms with Crippen molar-refractivity contribution in [2.45, 2.75) is 46.5 Å². The normalized spacial score (nSPS) is 13.4. The van der Waals surface area contributed by atoms with Crippen LogP contribution in [0.3, 0.4) is 0 Å². The van der Waals surface area contributed by atoms with Gasteiger partial charge in [0.2, 0.25) is 5.95 Å². The molecule has 6 nitrogen and oxygen atoms in total. The first kappa shape index (κ1) is 19.9. The van der Waals surface area contributed by atoms with E-state index >= 15 is 0 Å². The number of fused-ring (bicyclic) bond motifs is 2. The van der Waals surface area contributed by atoms with Gasteiger partial charge in [-0.2, -0.15) is 0 Å². The van der Waals surface area contributed by atoms with E-state index in [0.29, 0.717) is 0 Å². The van der Waals surface area contributed by atoms with E-state index in [4.69, 9.17) is 4.98 Å². The summed E-state index contributed by atoms with van der Waals surface area (Å²) >= 11 is 0. The van der Waals surface area contributed by atoms with Crippen molar-refractivity contribution in [3.8, 4) is 11.3 Å². The average Bonchev–Trinajstić information content (AvgIpc) is 3.10. The molecule has 0 saturated carbocycles. The van der Waals surface area contributed by atoms with E-state index in [1.54, 1.807) is 16.9 Å². The smallest absolute Gasteiger partial charge is 0.262 e. The van der Waals surface area contributed by atoms with Gasteiger partial charge < -0.3 is 5.32 Å². The zero-order valence-electron chi connectivity index (χ0n) is 16.5. The summed E-state index contributed by atoms with van der Waals surface area (Å²) in [5.41, 5.74) is 5.51. The molecule has 0 aromatic carbocycles. The number of nitrogens with one attached hydrogen (secondary N) is 1. The molecule has 1 aliphatic rings. The first-order chi connectivity index (χ1) is 13.4. The Morgan fingerprint density at radius 3 is 2.75 bits per heavy atom. The van der Waals surface area contributed by atoms with E-state index in [-0.39, 0.29) is 7.37 Å². The molecular weight excluding hydrogens is 362 g/mol. The third-order valence-electron chi connectivity index (χ3n) is 4.23. The number of hydrogen-bond acceptors (Lipinski definition) is 5. The largest absolute Gasteiger partial charge is 0.347 e. The lowest BCUT2D eigenvalue weighted by Gasteiger charge is -2.13. The fraction of sp³-hybridized carbons (Fsp3) is 0.400. The second-order valence-electron chi connectivity index (χ2n) is 6.57. The summed E-state index contributed by atoms with van der Waals surface area (Å²) in [6.45, 7) is 6.36. The number of hydrogen-bond donors (Lipinski definition) is 1. The number of alkyl halides is 2. The van der Waals surface area contributed by atoms with Gasteiger partial charge in [-0.3, -0.25) is 9.98 Å². The number of aromatic nitrogens is 4. The summed E-state index contributed by atoms with van der Waals surface area (Å²) in [6.07, 6.45) is 5.17. The number of rotatable bonds is 4. The molecule has 0 aliphatic carbocycles. The summed E-state index contributed by atoms with van der Waals surface area (Å²) in [6, 6.07) is 5.80. The SMILES string of the molecule is CC.CC1=Nc2ccc(-c3ccn4nc(NCC(C)(F)F)ncc34)nc2CC1.[HH]. The maximum Gasteiger partial charge on any atom is 0.262 e. The van der Waals surface area contributed by atoms with E-state index < -0.39 is 12.5 Å². The molecule has 4 heterocycles. The molecule has 3 aromatic heterocycles. The Kier molecular flexibility index (Phi) is 5.67. The van der Waals surface area contributed by atoms with Crippen molar-refractivity contribution in [1.82, 2.24) is 19.6 Å². The molecule has 8 heteroatoms. The van der Waals surface area contributed by atoms with Crippen molar-refractivity contribution in [1.29, 1.82) is 0 Å². The Hall–Kier alpha value is -2.90. The zero-order valence-corrected chi connectivity index (χ0v) is 16.5. The number of anilines is 1. The van der Waals surface area contributed by atoms with Crippen LogP contribution in [0, 0.1) is 0 Å². The van der Waals surface area contributed by atoms with Crippen LogP contribution in [0.2, 0.25) is 0 Å². The summed E-state index contributed by atoms with van der Waals surface area (Å²) in [5.74, 6) is -2.67. The first-order valence-electron chi connectivity index (χ1n) is 9.40. The van der Waals surface area contributed by atoms with Crippen LogP contribution in [-0.2, 0) is 6.42 Å². The topological polar surface area (TPSA) is 67.5 Å². The van der Waals surface area contributed by atoms with Crippen LogP contribution in [0.4, 0.5) is 20.4 Å². The predicted octanol–water partition coefficient (Wildman–Crippen LogP) is 5.17. The van der Waals surface area contributed by atoms with Gasteiger partial charge >= 0.3 is 0 Å². The van der Waals surface area contributed by atoms with Crippen LogP contribution >= 0.6 is 0 Å². The number of pyridine rings is 1. The standard InChI is InChI=1S/C18H18F2N6.C2H6.H2/c1-11-3-4-15-14(23-11)6-5-13(24-15)12-7-8-26-16(12)9-21-17(25-26)22-10-18(2,19)20;1-2;/h5-9H,3-4,10H2,1-2H3,(H,22,25);1-2H3;1H. The summed E-state index contributed by atoms with van der Waals surface area (Å²) in [5, 5.41) is 6.78. The molecule has 28 heavy (non-hydrogen) atoms. The second kappa shape index (κ2) is 8.00. The summed E-state index contributed by atoms with van der Waals surface area (Å²) < 4.78 is 27.5. The molecule has 0 radical (unpaired) electrons. The number of nitrogens with zero attached hydrogens (tertiary/aromatic N) is 5. The lowest BCUT2D eigenvalue weighted by molar-refractivity contribution is 0.0365. The summed E-state index contributed by atoms with van der Waals surface area (Å²) in [7, 11) is 0. The van der Waals surface area contributed by atoms with E-state index in [0.717, 1.165) is 53.6 Å². The van der Waals surface area contributed by atoms with Crippen LogP contribution in [0.5, 0.6) is 0 Å². The second-order valence-corrected chi connectivity index (χ2v) is 6.57. The number of aryl methyl sites for hydroxylation is 1. The van der Waals surface area contributed by atoms with Crippen molar-refractivity contribution < 1.29 is 10.2 Å². The first-order valence-corrected chi connectivity index (χ1v) is 9.40. The van der Waals surface area contributed by atoms with E-state index in [1.807, 2.05) is 39.0 Å². The van der Waals surface area contributed by atoms with Crippen LogP contribution in [-0.4, -0.2) is 37.8 Å². The van der Waals surface area contributed by atoms with Crippen molar-refractivity contribution in [2.24, 2.45) is 4.99 Å². The van der Waals surface area contributed by atoms with Crippen molar-refractivity contribution in [2.75, 3.05) is 11.9 Å². The maximum absolute atomic E-state index is 13.0. The molecule has 0 spiro atoms.